The van der Waals surface area contributed by atoms with Gasteiger partial charge in [0, 0.05) is 0 Å². The number of aromatic hydroxyl groups is 1. The number of ether oxygens (including phenoxy) is 1. The van der Waals surface area contributed by atoms with Crippen molar-refractivity contribution >= 4 is 33.2 Å². The number of para-hydroxylation sites is 1. The summed E-state index contributed by atoms with van der Waals surface area (Å²) in [5, 5.41) is 17.3. The quantitative estimate of drug-likeness (QED) is 0.695. The van der Waals surface area contributed by atoms with Crippen molar-refractivity contribution < 1.29 is 19.1 Å². The molecule has 8 heteroatoms. The molecular weight excluding hydrogens is 372 g/mol. The summed E-state index contributed by atoms with van der Waals surface area (Å²) >= 11 is 4.81. The highest BCUT2D eigenvalue weighted by molar-refractivity contribution is 9.11. The molecule has 2 heterocycles. The normalized spacial score (nSPS) is 10.6. The number of thiophene rings is 1. The van der Waals surface area contributed by atoms with Crippen molar-refractivity contribution in [3.8, 4) is 16.5 Å². The van der Waals surface area contributed by atoms with Crippen LogP contribution in [0, 0.1) is 0 Å². The van der Waals surface area contributed by atoms with Crippen molar-refractivity contribution in [2.75, 3.05) is 0 Å². The third-order valence-corrected chi connectivity index (χ3v) is 4.31. The molecule has 0 amide bonds. The molecule has 3 rings (SSSR count). The zero-order valence-electron chi connectivity index (χ0n) is 11.0. The van der Waals surface area contributed by atoms with Gasteiger partial charge in [-0.1, -0.05) is 12.1 Å². The number of phenols is 1. The molecule has 0 saturated heterocycles. The molecule has 0 bridgehead atoms. The second kappa shape index (κ2) is 6.29. The summed E-state index contributed by atoms with van der Waals surface area (Å²) in [5.41, 5.74) is 0.0874. The molecule has 0 fully saturated rings. The van der Waals surface area contributed by atoms with Gasteiger partial charge < -0.3 is 14.3 Å². The van der Waals surface area contributed by atoms with E-state index in [0.717, 1.165) is 8.66 Å². The first kappa shape index (κ1) is 14.7. The van der Waals surface area contributed by atoms with E-state index in [4.69, 9.17) is 9.15 Å². The first-order valence-corrected chi connectivity index (χ1v) is 7.77. The van der Waals surface area contributed by atoms with Gasteiger partial charge in [0.1, 0.15) is 11.3 Å². The van der Waals surface area contributed by atoms with Crippen molar-refractivity contribution in [3.63, 3.8) is 0 Å². The van der Waals surface area contributed by atoms with Gasteiger partial charge in [-0.05, 0) is 40.2 Å². The summed E-state index contributed by atoms with van der Waals surface area (Å²) < 4.78 is 11.4. The van der Waals surface area contributed by atoms with Crippen molar-refractivity contribution in [2.45, 2.75) is 6.61 Å². The van der Waals surface area contributed by atoms with Crippen LogP contribution in [0.5, 0.6) is 5.75 Å². The van der Waals surface area contributed by atoms with E-state index in [1.807, 2.05) is 12.1 Å². The Labute approximate surface area is 137 Å². The standard InChI is InChI=1S/C14H9BrN2O4S/c15-11-6-5-10(22-11)13-17-16-12(21-13)7-20-14(19)8-3-1-2-4-9(8)18/h1-6,18H,7H2. The number of carbonyl (C=O) groups is 1. The Hall–Kier alpha value is -2.19. The molecule has 0 spiro atoms. The molecule has 3 aromatic rings. The van der Waals surface area contributed by atoms with Crippen molar-refractivity contribution in [1.82, 2.24) is 10.2 Å². The van der Waals surface area contributed by atoms with Crippen LogP contribution in [0.4, 0.5) is 0 Å². The molecule has 2 aromatic heterocycles. The monoisotopic (exact) mass is 380 g/mol. The summed E-state index contributed by atoms with van der Waals surface area (Å²) in [6.45, 7) is -0.160. The van der Waals surface area contributed by atoms with Gasteiger partial charge in [-0.3, -0.25) is 0 Å². The number of halogens is 1. The Morgan fingerprint density at radius 1 is 1.27 bits per heavy atom. The third-order valence-electron chi connectivity index (χ3n) is 2.70. The van der Waals surface area contributed by atoms with Gasteiger partial charge in [-0.2, -0.15) is 0 Å². The minimum atomic E-state index is -0.656. The average Bonchev–Trinajstić information content (AvgIpc) is 3.14. The Bertz CT molecular complexity index is 815. The number of carbonyl (C=O) groups excluding carboxylic acids is 1. The van der Waals surface area contributed by atoms with Crippen LogP contribution in [0.1, 0.15) is 16.2 Å². The maximum absolute atomic E-state index is 11.8. The van der Waals surface area contributed by atoms with E-state index < -0.39 is 5.97 Å². The van der Waals surface area contributed by atoms with E-state index in [1.165, 1.54) is 23.5 Å². The van der Waals surface area contributed by atoms with Gasteiger partial charge in [0.25, 0.3) is 11.8 Å². The zero-order chi connectivity index (χ0) is 15.5. The number of hydrogen-bond donors (Lipinski definition) is 1. The van der Waals surface area contributed by atoms with Crippen LogP contribution in [0.25, 0.3) is 10.8 Å². The third kappa shape index (κ3) is 3.18. The number of nitrogens with zero attached hydrogens (tertiary/aromatic N) is 2. The lowest BCUT2D eigenvalue weighted by Gasteiger charge is -2.03. The van der Waals surface area contributed by atoms with Gasteiger partial charge in [0.2, 0.25) is 0 Å². The van der Waals surface area contributed by atoms with Crippen LogP contribution < -0.4 is 0 Å². The largest absolute Gasteiger partial charge is 0.507 e. The Morgan fingerprint density at radius 3 is 2.82 bits per heavy atom. The molecule has 0 saturated carbocycles. The van der Waals surface area contributed by atoms with Crippen molar-refractivity contribution in [1.29, 1.82) is 0 Å². The van der Waals surface area contributed by atoms with Crippen molar-refractivity contribution in [2.24, 2.45) is 0 Å². The molecule has 6 nitrogen and oxygen atoms in total. The van der Waals surface area contributed by atoms with E-state index >= 15 is 0 Å². The number of benzene rings is 1. The smallest absolute Gasteiger partial charge is 0.342 e. The first-order chi connectivity index (χ1) is 10.6. The highest BCUT2D eigenvalue weighted by atomic mass is 79.9. The SMILES string of the molecule is O=C(OCc1nnc(-c2ccc(Br)s2)o1)c1ccccc1O. The molecule has 0 radical (unpaired) electrons. The molecular formula is C14H9BrN2O4S. The van der Waals surface area contributed by atoms with Gasteiger partial charge in [0.15, 0.2) is 6.61 Å². The predicted octanol–water partition coefficient (Wildman–Crippen LogP) is 3.62. The van der Waals surface area contributed by atoms with Gasteiger partial charge in [-0.25, -0.2) is 4.79 Å². The van der Waals surface area contributed by atoms with E-state index in [1.54, 1.807) is 12.1 Å². The van der Waals surface area contributed by atoms with E-state index in [-0.39, 0.29) is 23.8 Å². The van der Waals surface area contributed by atoms with Crippen LogP contribution >= 0.6 is 27.3 Å². The van der Waals surface area contributed by atoms with Gasteiger partial charge in [0.05, 0.1) is 8.66 Å². The number of esters is 1. The predicted molar refractivity (Wildman–Crippen MR) is 82.5 cm³/mol. The second-order valence-corrected chi connectivity index (χ2v) is 6.66. The van der Waals surface area contributed by atoms with Crippen molar-refractivity contribution in [3.05, 3.63) is 51.6 Å². The van der Waals surface area contributed by atoms with Crippen LogP contribution in [-0.2, 0) is 11.3 Å². The molecule has 1 N–H and O–H groups in total. The van der Waals surface area contributed by atoms with E-state index in [9.17, 15) is 9.90 Å². The molecule has 0 aliphatic rings. The highest BCUT2D eigenvalue weighted by Crippen LogP contribution is 2.30. The van der Waals surface area contributed by atoms with Crippen LogP contribution in [0.3, 0.4) is 0 Å². The summed E-state index contributed by atoms with van der Waals surface area (Å²) in [7, 11) is 0. The molecule has 0 unspecified atom stereocenters. The number of aromatic nitrogens is 2. The van der Waals surface area contributed by atoms with E-state index in [0.29, 0.717) is 5.89 Å². The van der Waals surface area contributed by atoms with Crippen LogP contribution in [-0.4, -0.2) is 21.3 Å². The Balaban J connectivity index is 1.66. The first-order valence-electron chi connectivity index (χ1n) is 6.16. The number of rotatable bonds is 4. The second-order valence-electron chi connectivity index (χ2n) is 4.20. The number of phenolic OH excluding ortho intramolecular Hbond substituents is 1. The number of hydrogen-bond acceptors (Lipinski definition) is 7. The fraction of sp³-hybridized carbons (Fsp3) is 0.0714. The molecule has 1 aromatic carbocycles. The Morgan fingerprint density at radius 2 is 2.09 bits per heavy atom. The highest BCUT2D eigenvalue weighted by Gasteiger charge is 2.15. The van der Waals surface area contributed by atoms with E-state index in [2.05, 4.69) is 26.1 Å². The van der Waals surface area contributed by atoms with Crippen LogP contribution in [0.2, 0.25) is 0 Å². The minimum Gasteiger partial charge on any atom is -0.507 e. The fourth-order valence-corrected chi connectivity index (χ4v) is 3.00. The molecule has 22 heavy (non-hydrogen) atoms. The van der Waals surface area contributed by atoms with Crippen LogP contribution in [0.15, 0.2) is 44.6 Å². The van der Waals surface area contributed by atoms with Gasteiger partial charge >= 0.3 is 5.97 Å². The summed E-state index contributed by atoms with van der Waals surface area (Å²) in [5.74, 6) is -0.244. The lowest BCUT2D eigenvalue weighted by molar-refractivity contribution is 0.0435. The minimum absolute atomic E-state index is 0.0874. The zero-order valence-corrected chi connectivity index (χ0v) is 13.4. The lowest BCUT2D eigenvalue weighted by Crippen LogP contribution is -2.05. The Kier molecular flexibility index (Phi) is 4.21. The average molecular weight is 381 g/mol. The molecule has 112 valence electrons. The van der Waals surface area contributed by atoms with Gasteiger partial charge in [-0.15, -0.1) is 21.5 Å². The summed E-state index contributed by atoms with van der Waals surface area (Å²) in [6, 6.07) is 9.86. The maximum Gasteiger partial charge on any atom is 0.342 e. The maximum atomic E-state index is 11.8. The summed E-state index contributed by atoms with van der Waals surface area (Å²) in [4.78, 5) is 12.7. The fourth-order valence-electron chi connectivity index (χ4n) is 1.69. The molecule has 0 aliphatic heterocycles. The topological polar surface area (TPSA) is 85.5 Å². The lowest BCUT2D eigenvalue weighted by atomic mass is 10.2. The summed E-state index contributed by atoms with van der Waals surface area (Å²) in [6.07, 6.45) is 0. The molecule has 0 atom stereocenters. The molecule has 0 aliphatic carbocycles.